The molecule has 3 rings (SSSR count). The van der Waals surface area contributed by atoms with Gasteiger partial charge in [0, 0.05) is 19.2 Å². The number of carbonyl (C=O) groups is 1. The van der Waals surface area contributed by atoms with Crippen LogP contribution in [-0.2, 0) is 19.9 Å². The van der Waals surface area contributed by atoms with Crippen LogP contribution in [0.15, 0.2) is 30.3 Å². The minimum Gasteiger partial charge on any atom is -0.460 e. The number of fused-ring (bicyclic) bond motifs is 2. The number of hydrogen-bond donors (Lipinski definition) is 1. The molecule has 0 spiro atoms. The Morgan fingerprint density at radius 3 is 2.39 bits per heavy atom. The van der Waals surface area contributed by atoms with Crippen molar-refractivity contribution >= 4 is 5.97 Å². The number of ether oxygens (including phenoxy) is 2. The average Bonchev–Trinajstić information content (AvgIpc) is 2.79. The highest BCUT2D eigenvalue weighted by atomic mass is 16.6. The molecular formula is C18H25NO4. The summed E-state index contributed by atoms with van der Waals surface area (Å²) in [7, 11) is 3.58. The van der Waals surface area contributed by atoms with E-state index >= 15 is 0 Å². The van der Waals surface area contributed by atoms with Crippen molar-refractivity contribution in [1.82, 2.24) is 4.90 Å². The van der Waals surface area contributed by atoms with Crippen LogP contribution in [0.3, 0.4) is 0 Å². The summed E-state index contributed by atoms with van der Waals surface area (Å²) in [5.41, 5.74) is -0.824. The number of hydrogen-bond acceptors (Lipinski definition) is 5. The van der Waals surface area contributed by atoms with Gasteiger partial charge in [-0.15, -0.1) is 0 Å². The Balaban J connectivity index is 1.75. The molecular weight excluding hydrogens is 294 g/mol. The van der Waals surface area contributed by atoms with E-state index in [1.165, 1.54) is 20.0 Å². The van der Waals surface area contributed by atoms with Gasteiger partial charge in [0.1, 0.15) is 6.10 Å². The Morgan fingerprint density at radius 1 is 1.26 bits per heavy atom. The van der Waals surface area contributed by atoms with Crippen molar-refractivity contribution in [2.45, 2.75) is 49.5 Å². The molecule has 2 heterocycles. The minimum absolute atomic E-state index is 0.0963. The summed E-state index contributed by atoms with van der Waals surface area (Å²) in [4.78, 5) is 15.2. The van der Waals surface area contributed by atoms with Crippen molar-refractivity contribution in [1.29, 1.82) is 0 Å². The highest BCUT2D eigenvalue weighted by Gasteiger charge is 2.45. The molecule has 3 unspecified atom stereocenters. The van der Waals surface area contributed by atoms with Crippen LogP contribution in [0.2, 0.25) is 0 Å². The standard InChI is InChI=1S/C18H25NO4/c1-19-14-8-9-15(19)11-16(10-14)23-17(21)18(12-20,22-2)13-6-4-3-5-7-13/h3-7,14-16,20H,8-12H2,1-2H3. The third-order valence-corrected chi connectivity index (χ3v) is 5.47. The molecule has 1 N–H and O–H groups in total. The van der Waals surface area contributed by atoms with Gasteiger partial charge in [-0.25, -0.2) is 4.79 Å². The molecule has 126 valence electrons. The predicted molar refractivity (Wildman–Crippen MR) is 85.9 cm³/mol. The lowest BCUT2D eigenvalue weighted by Gasteiger charge is -2.37. The SMILES string of the molecule is COC(CO)(C(=O)OC1CC2CCC(C1)N2C)c1ccccc1. The molecule has 5 nitrogen and oxygen atoms in total. The molecule has 1 aromatic carbocycles. The number of rotatable bonds is 5. The van der Waals surface area contributed by atoms with Gasteiger partial charge in [0.25, 0.3) is 0 Å². The van der Waals surface area contributed by atoms with Crippen LogP contribution in [0, 0.1) is 0 Å². The second kappa shape index (κ2) is 6.59. The normalized spacial score (nSPS) is 30.0. The molecule has 5 heteroatoms. The van der Waals surface area contributed by atoms with Gasteiger partial charge >= 0.3 is 5.97 Å². The molecule has 2 bridgehead atoms. The van der Waals surface area contributed by atoms with Crippen molar-refractivity contribution in [3.8, 4) is 0 Å². The Bertz CT molecular complexity index is 529. The Hall–Kier alpha value is -1.43. The molecule has 0 aromatic heterocycles. The van der Waals surface area contributed by atoms with Gasteiger partial charge in [-0.2, -0.15) is 0 Å². The van der Waals surface area contributed by atoms with Gasteiger partial charge in [-0.3, -0.25) is 0 Å². The van der Waals surface area contributed by atoms with Crippen molar-refractivity contribution in [2.75, 3.05) is 20.8 Å². The molecule has 3 atom stereocenters. The van der Waals surface area contributed by atoms with E-state index in [0.29, 0.717) is 17.6 Å². The predicted octanol–water partition coefficient (Wildman–Crippen LogP) is 1.69. The first-order chi connectivity index (χ1) is 11.1. The first-order valence-electron chi connectivity index (χ1n) is 8.25. The second-order valence-corrected chi connectivity index (χ2v) is 6.60. The lowest BCUT2D eigenvalue weighted by molar-refractivity contribution is -0.184. The lowest BCUT2D eigenvalue weighted by Crippen LogP contribution is -2.48. The van der Waals surface area contributed by atoms with Gasteiger partial charge < -0.3 is 19.5 Å². The number of methoxy groups -OCH3 is 1. The summed E-state index contributed by atoms with van der Waals surface area (Å²) >= 11 is 0. The maximum Gasteiger partial charge on any atom is 0.345 e. The van der Waals surface area contributed by atoms with Gasteiger partial charge in [-0.05, 0) is 38.3 Å². The summed E-state index contributed by atoms with van der Waals surface area (Å²) in [5, 5.41) is 9.85. The van der Waals surface area contributed by atoms with E-state index in [9.17, 15) is 9.90 Å². The van der Waals surface area contributed by atoms with Crippen molar-refractivity contribution in [2.24, 2.45) is 0 Å². The third-order valence-electron chi connectivity index (χ3n) is 5.47. The highest BCUT2D eigenvalue weighted by molar-refractivity contribution is 5.81. The fraction of sp³-hybridized carbons (Fsp3) is 0.611. The van der Waals surface area contributed by atoms with E-state index in [-0.39, 0.29) is 6.10 Å². The zero-order valence-corrected chi connectivity index (χ0v) is 13.8. The quantitative estimate of drug-likeness (QED) is 0.837. The maximum atomic E-state index is 12.8. The van der Waals surface area contributed by atoms with Crippen LogP contribution in [0.5, 0.6) is 0 Å². The van der Waals surface area contributed by atoms with Gasteiger partial charge in [0.15, 0.2) is 0 Å². The summed E-state index contributed by atoms with van der Waals surface area (Å²) < 4.78 is 11.2. The minimum atomic E-state index is -1.44. The molecule has 2 saturated heterocycles. The Labute approximate surface area is 137 Å². The van der Waals surface area contributed by atoms with Crippen molar-refractivity contribution < 1.29 is 19.4 Å². The van der Waals surface area contributed by atoms with Crippen LogP contribution >= 0.6 is 0 Å². The molecule has 2 fully saturated rings. The second-order valence-electron chi connectivity index (χ2n) is 6.60. The topological polar surface area (TPSA) is 59.0 Å². The molecule has 0 radical (unpaired) electrons. The van der Waals surface area contributed by atoms with Gasteiger partial charge in [0.2, 0.25) is 5.60 Å². The number of piperidine rings is 1. The summed E-state index contributed by atoms with van der Waals surface area (Å²) in [6.07, 6.45) is 3.96. The maximum absolute atomic E-state index is 12.8. The van der Waals surface area contributed by atoms with E-state index in [1.807, 2.05) is 18.2 Å². The average molecular weight is 319 g/mol. The van der Waals surface area contributed by atoms with E-state index in [2.05, 4.69) is 11.9 Å². The number of benzene rings is 1. The largest absolute Gasteiger partial charge is 0.460 e. The Kier molecular flexibility index (Phi) is 4.71. The van der Waals surface area contributed by atoms with Crippen LogP contribution in [-0.4, -0.2) is 54.9 Å². The number of esters is 1. The van der Waals surface area contributed by atoms with E-state index < -0.39 is 18.2 Å². The van der Waals surface area contributed by atoms with E-state index in [4.69, 9.17) is 9.47 Å². The number of nitrogens with zero attached hydrogens (tertiary/aromatic N) is 1. The molecule has 0 saturated carbocycles. The van der Waals surface area contributed by atoms with Crippen LogP contribution in [0.4, 0.5) is 0 Å². The van der Waals surface area contributed by atoms with Crippen LogP contribution in [0.25, 0.3) is 0 Å². The van der Waals surface area contributed by atoms with E-state index in [1.54, 1.807) is 12.1 Å². The molecule has 0 amide bonds. The molecule has 1 aromatic rings. The first kappa shape index (κ1) is 16.4. The van der Waals surface area contributed by atoms with Crippen LogP contribution in [0.1, 0.15) is 31.2 Å². The summed E-state index contributed by atoms with van der Waals surface area (Å²) in [5.74, 6) is -0.498. The molecule has 2 aliphatic rings. The monoisotopic (exact) mass is 319 g/mol. The van der Waals surface area contributed by atoms with Crippen molar-refractivity contribution in [3.05, 3.63) is 35.9 Å². The number of carbonyl (C=O) groups excluding carboxylic acids is 1. The van der Waals surface area contributed by atoms with Crippen molar-refractivity contribution in [3.63, 3.8) is 0 Å². The van der Waals surface area contributed by atoms with Gasteiger partial charge in [0.05, 0.1) is 6.61 Å². The zero-order valence-electron chi connectivity index (χ0n) is 13.8. The summed E-state index contributed by atoms with van der Waals surface area (Å²) in [6.45, 7) is -0.439. The van der Waals surface area contributed by atoms with Crippen LogP contribution < -0.4 is 0 Å². The van der Waals surface area contributed by atoms with E-state index in [0.717, 1.165) is 12.8 Å². The summed E-state index contributed by atoms with van der Waals surface area (Å²) in [6, 6.07) is 10.0. The lowest BCUT2D eigenvalue weighted by atomic mass is 9.94. The molecule has 0 aliphatic carbocycles. The smallest absolute Gasteiger partial charge is 0.345 e. The Morgan fingerprint density at radius 2 is 1.87 bits per heavy atom. The molecule has 2 aliphatic heterocycles. The number of aliphatic hydroxyl groups is 1. The fourth-order valence-electron chi connectivity index (χ4n) is 3.95. The highest BCUT2D eigenvalue weighted by Crippen LogP contribution is 2.37. The number of aliphatic hydroxyl groups excluding tert-OH is 1. The zero-order chi connectivity index (χ0) is 16.4. The first-order valence-corrected chi connectivity index (χ1v) is 8.25. The van der Waals surface area contributed by atoms with Gasteiger partial charge in [-0.1, -0.05) is 30.3 Å². The fourth-order valence-corrected chi connectivity index (χ4v) is 3.95. The third kappa shape index (κ3) is 2.89. The molecule has 23 heavy (non-hydrogen) atoms.